The van der Waals surface area contributed by atoms with E-state index in [0.717, 1.165) is 5.69 Å². The van der Waals surface area contributed by atoms with Crippen molar-refractivity contribution in [1.29, 1.82) is 0 Å². The molecule has 1 heterocycles. The van der Waals surface area contributed by atoms with Crippen molar-refractivity contribution in [1.82, 2.24) is 9.97 Å². The van der Waals surface area contributed by atoms with E-state index in [1.807, 2.05) is 0 Å². The molecular weight excluding hydrogens is 254 g/mol. The first-order valence-corrected chi connectivity index (χ1v) is 6.33. The van der Waals surface area contributed by atoms with E-state index in [-0.39, 0.29) is 11.2 Å². The molecule has 1 aromatic carbocycles. The largest absolute Gasteiger partial charge is 0.504 e. The highest BCUT2D eigenvalue weighted by atomic mass is 16.5. The van der Waals surface area contributed by atoms with Gasteiger partial charge in [-0.15, -0.1) is 0 Å². The lowest BCUT2D eigenvalue weighted by Gasteiger charge is -2.18. The van der Waals surface area contributed by atoms with Crippen molar-refractivity contribution in [2.45, 2.75) is 26.2 Å². The van der Waals surface area contributed by atoms with Crippen molar-refractivity contribution >= 4 is 5.82 Å². The number of ether oxygens (including phenoxy) is 1. The summed E-state index contributed by atoms with van der Waals surface area (Å²) in [5.74, 6) is 1.37. The lowest BCUT2D eigenvalue weighted by atomic mass is 9.92. The number of nitrogens with zero attached hydrogens (tertiary/aromatic N) is 2. The number of methoxy groups -OCH3 is 1. The Balaban J connectivity index is 2.53. The zero-order valence-electron chi connectivity index (χ0n) is 12.1. The number of nitrogen functional groups attached to an aromatic ring is 1. The molecular formula is C15H19N3O2. The summed E-state index contributed by atoms with van der Waals surface area (Å²) in [5.41, 5.74) is 7.28. The van der Waals surface area contributed by atoms with Crippen molar-refractivity contribution < 1.29 is 9.84 Å². The Labute approximate surface area is 118 Å². The van der Waals surface area contributed by atoms with Crippen molar-refractivity contribution in [3.63, 3.8) is 0 Å². The van der Waals surface area contributed by atoms with E-state index in [1.165, 1.54) is 7.11 Å². The minimum Gasteiger partial charge on any atom is -0.504 e. The van der Waals surface area contributed by atoms with Gasteiger partial charge in [-0.25, -0.2) is 9.97 Å². The minimum atomic E-state index is -0.125. The molecule has 0 aliphatic heterocycles. The number of aromatic nitrogens is 2. The maximum Gasteiger partial charge on any atom is 0.161 e. The summed E-state index contributed by atoms with van der Waals surface area (Å²) in [6, 6.07) is 6.81. The second kappa shape index (κ2) is 5.00. The normalized spacial score (nSPS) is 11.4. The summed E-state index contributed by atoms with van der Waals surface area (Å²) in [7, 11) is 1.50. The number of hydrogen-bond acceptors (Lipinski definition) is 5. The molecule has 0 aliphatic carbocycles. The van der Waals surface area contributed by atoms with Crippen LogP contribution in [0.1, 0.15) is 26.5 Å². The van der Waals surface area contributed by atoms with Crippen LogP contribution in [0.15, 0.2) is 24.3 Å². The number of nitrogens with two attached hydrogens (primary N) is 1. The lowest BCUT2D eigenvalue weighted by Crippen LogP contribution is -2.15. The summed E-state index contributed by atoms with van der Waals surface area (Å²) in [6.07, 6.45) is 0. The van der Waals surface area contributed by atoms with Gasteiger partial charge in [0.05, 0.1) is 12.8 Å². The van der Waals surface area contributed by atoms with Crippen LogP contribution in [0.4, 0.5) is 5.82 Å². The van der Waals surface area contributed by atoms with E-state index in [0.29, 0.717) is 23.0 Å². The standard InChI is InChI=1S/C15H19N3O2/c1-15(2,3)12-8-13(16)18-14(17-12)9-5-6-11(20-4)10(19)7-9/h5-8,19H,1-4H3,(H2,16,17,18). The van der Waals surface area contributed by atoms with Crippen LogP contribution in [-0.4, -0.2) is 22.2 Å². The molecule has 0 fully saturated rings. The fraction of sp³-hybridized carbons (Fsp3) is 0.333. The predicted molar refractivity (Wildman–Crippen MR) is 78.8 cm³/mol. The van der Waals surface area contributed by atoms with Gasteiger partial charge in [-0.1, -0.05) is 20.8 Å². The Morgan fingerprint density at radius 2 is 1.85 bits per heavy atom. The molecule has 5 heteroatoms. The van der Waals surface area contributed by atoms with Crippen molar-refractivity contribution in [3.05, 3.63) is 30.0 Å². The highest BCUT2D eigenvalue weighted by molar-refractivity contribution is 5.62. The molecule has 0 aliphatic rings. The smallest absolute Gasteiger partial charge is 0.161 e. The van der Waals surface area contributed by atoms with E-state index in [9.17, 15) is 5.11 Å². The van der Waals surface area contributed by atoms with Crippen LogP contribution >= 0.6 is 0 Å². The third-order valence-electron chi connectivity index (χ3n) is 2.95. The fourth-order valence-corrected chi connectivity index (χ4v) is 1.81. The van der Waals surface area contributed by atoms with Gasteiger partial charge in [0, 0.05) is 17.0 Å². The molecule has 0 radical (unpaired) electrons. The second-order valence-electron chi connectivity index (χ2n) is 5.64. The summed E-state index contributed by atoms with van der Waals surface area (Å²) in [6.45, 7) is 6.18. The van der Waals surface area contributed by atoms with Crippen molar-refractivity contribution in [2.24, 2.45) is 0 Å². The molecule has 0 amide bonds. The molecule has 2 rings (SSSR count). The first-order valence-electron chi connectivity index (χ1n) is 6.33. The van der Waals surface area contributed by atoms with Crippen LogP contribution in [0.2, 0.25) is 0 Å². The Hall–Kier alpha value is -2.30. The summed E-state index contributed by atoms with van der Waals surface area (Å²) in [4.78, 5) is 8.76. The van der Waals surface area contributed by atoms with Crippen LogP contribution in [0.5, 0.6) is 11.5 Å². The molecule has 0 spiro atoms. The van der Waals surface area contributed by atoms with Crippen LogP contribution in [-0.2, 0) is 5.41 Å². The molecule has 0 unspecified atom stereocenters. The third-order valence-corrected chi connectivity index (χ3v) is 2.95. The van der Waals surface area contributed by atoms with Gasteiger partial charge < -0.3 is 15.6 Å². The number of rotatable bonds is 2. The molecule has 0 atom stereocenters. The molecule has 2 aromatic rings. The summed E-state index contributed by atoms with van der Waals surface area (Å²) in [5, 5.41) is 9.84. The average molecular weight is 273 g/mol. The Kier molecular flexibility index (Phi) is 3.53. The number of phenolic OH excluding ortho intramolecular Hbond substituents is 1. The third kappa shape index (κ3) is 2.82. The van der Waals surface area contributed by atoms with Gasteiger partial charge in [-0.2, -0.15) is 0 Å². The first-order chi connectivity index (χ1) is 9.31. The van der Waals surface area contributed by atoms with E-state index < -0.39 is 0 Å². The maximum absolute atomic E-state index is 9.84. The highest BCUT2D eigenvalue weighted by Gasteiger charge is 2.18. The minimum absolute atomic E-state index is 0.0494. The number of hydrogen-bond donors (Lipinski definition) is 2. The van der Waals surface area contributed by atoms with Crippen LogP contribution < -0.4 is 10.5 Å². The zero-order chi connectivity index (χ0) is 14.9. The molecule has 5 nitrogen and oxygen atoms in total. The number of benzene rings is 1. The lowest BCUT2D eigenvalue weighted by molar-refractivity contribution is 0.373. The predicted octanol–water partition coefficient (Wildman–Crippen LogP) is 2.74. The van der Waals surface area contributed by atoms with Gasteiger partial charge in [0.15, 0.2) is 17.3 Å². The van der Waals surface area contributed by atoms with E-state index in [4.69, 9.17) is 10.5 Å². The first kappa shape index (κ1) is 14.1. The molecule has 0 bridgehead atoms. The van der Waals surface area contributed by atoms with Crippen molar-refractivity contribution in [2.75, 3.05) is 12.8 Å². The van der Waals surface area contributed by atoms with Gasteiger partial charge >= 0.3 is 0 Å². The quantitative estimate of drug-likeness (QED) is 0.879. The number of anilines is 1. The SMILES string of the molecule is COc1ccc(-c2nc(N)cc(C(C)(C)C)n2)cc1O. The molecule has 1 aromatic heterocycles. The van der Waals surface area contributed by atoms with Crippen molar-refractivity contribution in [3.8, 4) is 22.9 Å². The van der Waals surface area contributed by atoms with Crippen LogP contribution in [0.25, 0.3) is 11.4 Å². The van der Waals surface area contributed by atoms with Crippen LogP contribution in [0, 0.1) is 0 Å². The number of phenols is 1. The molecule has 20 heavy (non-hydrogen) atoms. The molecule has 0 saturated heterocycles. The zero-order valence-corrected chi connectivity index (χ0v) is 12.1. The Morgan fingerprint density at radius 1 is 1.15 bits per heavy atom. The second-order valence-corrected chi connectivity index (χ2v) is 5.64. The van der Waals surface area contributed by atoms with E-state index in [1.54, 1.807) is 24.3 Å². The monoisotopic (exact) mass is 273 g/mol. The van der Waals surface area contributed by atoms with Gasteiger partial charge in [0.2, 0.25) is 0 Å². The van der Waals surface area contributed by atoms with Gasteiger partial charge in [0.1, 0.15) is 5.82 Å². The molecule has 3 N–H and O–H groups in total. The maximum atomic E-state index is 9.84. The van der Waals surface area contributed by atoms with E-state index in [2.05, 4.69) is 30.7 Å². The average Bonchev–Trinajstić information content (AvgIpc) is 2.37. The summed E-state index contributed by atoms with van der Waals surface area (Å²) < 4.78 is 5.02. The Morgan fingerprint density at radius 3 is 2.40 bits per heavy atom. The van der Waals surface area contributed by atoms with Gasteiger partial charge in [-0.05, 0) is 18.2 Å². The van der Waals surface area contributed by atoms with Crippen LogP contribution in [0.3, 0.4) is 0 Å². The fourth-order valence-electron chi connectivity index (χ4n) is 1.81. The van der Waals surface area contributed by atoms with E-state index >= 15 is 0 Å². The Bertz CT molecular complexity index is 634. The van der Waals surface area contributed by atoms with Gasteiger partial charge in [-0.3, -0.25) is 0 Å². The number of aromatic hydroxyl groups is 1. The summed E-state index contributed by atoms with van der Waals surface area (Å²) >= 11 is 0. The molecule has 106 valence electrons. The van der Waals surface area contributed by atoms with Gasteiger partial charge in [0.25, 0.3) is 0 Å². The highest BCUT2D eigenvalue weighted by Crippen LogP contribution is 2.31. The molecule has 0 saturated carbocycles. The topological polar surface area (TPSA) is 81.3 Å².